The van der Waals surface area contributed by atoms with Crippen LogP contribution in [-0.4, -0.2) is 5.78 Å². The molecule has 0 spiro atoms. The van der Waals surface area contributed by atoms with Crippen molar-refractivity contribution in [3.63, 3.8) is 0 Å². The molecule has 0 atom stereocenters. The van der Waals surface area contributed by atoms with E-state index in [1.165, 1.54) is 0 Å². The molecular weight excluding hydrogens is 282 g/mol. The molecule has 0 radical (unpaired) electrons. The Morgan fingerprint density at radius 2 is 1.13 bits per heavy atom. The smallest absolute Gasteiger partial charge is 0.193 e. The van der Waals surface area contributed by atoms with Gasteiger partial charge in [0.1, 0.15) is 0 Å². The summed E-state index contributed by atoms with van der Waals surface area (Å²) in [6, 6.07) is 23.6. The average molecular weight is 299 g/mol. The summed E-state index contributed by atoms with van der Waals surface area (Å²) in [7, 11) is 0. The first kappa shape index (κ1) is 13.8. The minimum absolute atomic E-state index is 0.0863. The molecular formula is C21H17NO. The molecule has 0 heterocycles. The van der Waals surface area contributed by atoms with Crippen molar-refractivity contribution in [3.8, 4) is 0 Å². The number of carbonyl (C=O) groups excluding carboxylic acids is 1. The Labute approximate surface area is 135 Å². The molecule has 0 bridgehead atoms. The maximum atomic E-state index is 12.9. The fourth-order valence-electron chi connectivity index (χ4n) is 3.77. The predicted molar refractivity (Wildman–Crippen MR) is 92.7 cm³/mol. The number of ketones is 1. The van der Waals surface area contributed by atoms with Crippen LogP contribution >= 0.6 is 0 Å². The van der Waals surface area contributed by atoms with Gasteiger partial charge in [0.25, 0.3) is 0 Å². The lowest BCUT2D eigenvalue weighted by Crippen LogP contribution is -2.34. The van der Waals surface area contributed by atoms with E-state index in [2.05, 4.69) is 13.0 Å². The molecule has 0 aromatic heterocycles. The van der Waals surface area contributed by atoms with Gasteiger partial charge in [-0.25, -0.2) is 0 Å². The average Bonchev–Trinajstić information content (AvgIpc) is 2.60. The third kappa shape index (κ3) is 1.78. The van der Waals surface area contributed by atoms with Crippen molar-refractivity contribution < 1.29 is 4.79 Å². The van der Waals surface area contributed by atoms with Crippen LogP contribution in [0.4, 0.5) is 5.69 Å². The second kappa shape index (κ2) is 4.82. The van der Waals surface area contributed by atoms with Crippen LogP contribution < -0.4 is 5.73 Å². The lowest BCUT2D eigenvalue weighted by molar-refractivity contribution is 0.103. The van der Waals surface area contributed by atoms with Gasteiger partial charge in [0.05, 0.1) is 0 Å². The maximum absolute atomic E-state index is 12.9. The highest BCUT2D eigenvalue weighted by Crippen LogP contribution is 2.47. The van der Waals surface area contributed by atoms with Gasteiger partial charge in [-0.3, -0.25) is 4.79 Å². The van der Waals surface area contributed by atoms with Crippen LogP contribution in [0, 0.1) is 0 Å². The van der Waals surface area contributed by atoms with E-state index in [0.717, 1.165) is 33.5 Å². The molecule has 4 rings (SSSR count). The highest BCUT2D eigenvalue weighted by atomic mass is 16.1. The molecule has 112 valence electrons. The minimum Gasteiger partial charge on any atom is -0.398 e. The first-order valence-electron chi connectivity index (χ1n) is 7.72. The summed E-state index contributed by atoms with van der Waals surface area (Å²) >= 11 is 0. The van der Waals surface area contributed by atoms with Gasteiger partial charge in [-0.1, -0.05) is 66.7 Å². The van der Waals surface area contributed by atoms with Crippen molar-refractivity contribution in [1.82, 2.24) is 0 Å². The first-order valence-corrected chi connectivity index (χ1v) is 7.72. The second-order valence-electron chi connectivity index (χ2n) is 6.13. The molecule has 1 aliphatic rings. The normalized spacial score (nSPS) is 14.9. The van der Waals surface area contributed by atoms with E-state index < -0.39 is 5.41 Å². The molecule has 2 heteroatoms. The van der Waals surface area contributed by atoms with Crippen molar-refractivity contribution in [3.05, 3.63) is 101 Å². The number of fused-ring (bicyclic) bond motifs is 2. The zero-order valence-corrected chi connectivity index (χ0v) is 12.9. The largest absolute Gasteiger partial charge is 0.398 e. The second-order valence-corrected chi connectivity index (χ2v) is 6.13. The minimum atomic E-state index is -0.438. The number of anilines is 1. The summed E-state index contributed by atoms with van der Waals surface area (Å²) in [4.78, 5) is 12.9. The fourth-order valence-corrected chi connectivity index (χ4v) is 3.77. The molecule has 1 aliphatic carbocycles. The number of rotatable bonds is 1. The molecule has 0 saturated carbocycles. The Kier molecular flexibility index (Phi) is 2.88. The number of nitrogen functional groups attached to an aromatic ring is 1. The van der Waals surface area contributed by atoms with E-state index >= 15 is 0 Å². The molecule has 2 nitrogen and oxygen atoms in total. The van der Waals surface area contributed by atoms with Crippen molar-refractivity contribution >= 4 is 11.5 Å². The Morgan fingerprint density at radius 1 is 0.696 bits per heavy atom. The summed E-state index contributed by atoms with van der Waals surface area (Å²) < 4.78 is 0. The van der Waals surface area contributed by atoms with Gasteiger partial charge in [-0.05, 0) is 29.7 Å². The summed E-state index contributed by atoms with van der Waals surface area (Å²) in [5.41, 5.74) is 11.2. The van der Waals surface area contributed by atoms with Crippen molar-refractivity contribution in [2.45, 2.75) is 12.3 Å². The lowest BCUT2D eigenvalue weighted by atomic mass is 9.63. The maximum Gasteiger partial charge on any atom is 0.193 e. The van der Waals surface area contributed by atoms with Crippen LogP contribution in [0.1, 0.15) is 39.5 Å². The number of nitrogens with two attached hydrogens (primary N) is 1. The van der Waals surface area contributed by atoms with Crippen LogP contribution in [0.3, 0.4) is 0 Å². The van der Waals surface area contributed by atoms with Crippen molar-refractivity contribution in [2.24, 2.45) is 0 Å². The SMILES string of the molecule is CC1(c2ccccc2N)c2ccccc2C(=O)c2ccccc21. The zero-order valence-electron chi connectivity index (χ0n) is 12.9. The van der Waals surface area contributed by atoms with Gasteiger partial charge in [0.15, 0.2) is 5.78 Å². The van der Waals surface area contributed by atoms with E-state index in [-0.39, 0.29) is 5.78 Å². The molecule has 0 saturated heterocycles. The van der Waals surface area contributed by atoms with Crippen LogP contribution in [0.15, 0.2) is 72.8 Å². The van der Waals surface area contributed by atoms with E-state index in [9.17, 15) is 4.79 Å². The van der Waals surface area contributed by atoms with Crippen LogP contribution in [0.2, 0.25) is 0 Å². The Bertz CT molecular complexity index is 877. The van der Waals surface area contributed by atoms with Gasteiger partial charge in [-0.15, -0.1) is 0 Å². The standard InChI is InChI=1S/C21H17NO/c1-21(18-12-6-7-13-19(18)22)16-10-4-2-8-14(16)20(23)15-9-3-5-11-17(15)21/h2-13H,22H2,1H3. The topological polar surface area (TPSA) is 43.1 Å². The summed E-state index contributed by atoms with van der Waals surface area (Å²) in [6.07, 6.45) is 0. The van der Waals surface area contributed by atoms with E-state index in [0.29, 0.717) is 0 Å². The van der Waals surface area contributed by atoms with Gasteiger partial charge in [0, 0.05) is 22.2 Å². The highest BCUT2D eigenvalue weighted by Gasteiger charge is 2.41. The van der Waals surface area contributed by atoms with Gasteiger partial charge < -0.3 is 5.73 Å². The van der Waals surface area contributed by atoms with Crippen LogP contribution in [0.25, 0.3) is 0 Å². The Hall–Kier alpha value is -2.87. The summed E-state index contributed by atoms with van der Waals surface area (Å²) in [5, 5.41) is 0. The van der Waals surface area contributed by atoms with E-state index in [1.807, 2.05) is 66.7 Å². The van der Waals surface area contributed by atoms with Crippen LogP contribution in [-0.2, 0) is 5.41 Å². The van der Waals surface area contributed by atoms with Gasteiger partial charge in [-0.2, -0.15) is 0 Å². The number of hydrogen-bond acceptors (Lipinski definition) is 2. The van der Waals surface area contributed by atoms with E-state index in [4.69, 9.17) is 5.73 Å². The number of carbonyl (C=O) groups is 1. The lowest BCUT2D eigenvalue weighted by Gasteiger charge is -2.38. The first-order chi connectivity index (χ1) is 11.1. The molecule has 3 aromatic rings. The van der Waals surface area contributed by atoms with E-state index in [1.54, 1.807) is 0 Å². The molecule has 0 amide bonds. The van der Waals surface area contributed by atoms with Gasteiger partial charge >= 0.3 is 0 Å². The fraction of sp³-hybridized carbons (Fsp3) is 0.0952. The van der Waals surface area contributed by atoms with Crippen molar-refractivity contribution in [2.75, 3.05) is 5.73 Å². The molecule has 0 fully saturated rings. The molecule has 2 N–H and O–H groups in total. The molecule has 0 aliphatic heterocycles. The summed E-state index contributed by atoms with van der Waals surface area (Å²) in [6.45, 7) is 2.16. The van der Waals surface area contributed by atoms with Gasteiger partial charge in [0.2, 0.25) is 0 Å². The Morgan fingerprint density at radius 3 is 1.65 bits per heavy atom. The summed E-state index contributed by atoms with van der Waals surface area (Å²) in [5.74, 6) is 0.0863. The predicted octanol–water partition coefficient (Wildman–Crippen LogP) is 4.17. The van der Waals surface area contributed by atoms with Crippen molar-refractivity contribution in [1.29, 1.82) is 0 Å². The highest BCUT2D eigenvalue weighted by molar-refractivity contribution is 6.13. The third-order valence-electron chi connectivity index (χ3n) is 4.92. The molecule has 23 heavy (non-hydrogen) atoms. The molecule has 3 aromatic carbocycles. The molecule has 0 unspecified atom stereocenters. The third-order valence-corrected chi connectivity index (χ3v) is 4.92. The monoisotopic (exact) mass is 299 g/mol. The number of hydrogen-bond donors (Lipinski definition) is 1. The number of para-hydroxylation sites is 1. The quantitative estimate of drug-likeness (QED) is 0.685. The Balaban J connectivity index is 2.14. The van der Waals surface area contributed by atoms with Crippen LogP contribution in [0.5, 0.6) is 0 Å². The zero-order chi connectivity index (χ0) is 16.0. The number of benzene rings is 3.